The maximum absolute atomic E-state index is 14.0. The minimum absolute atomic E-state index is 0.0420. The summed E-state index contributed by atoms with van der Waals surface area (Å²) in [6.07, 6.45) is 5.11. The predicted molar refractivity (Wildman–Crippen MR) is 84.1 cm³/mol. The lowest BCUT2D eigenvalue weighted by atomic mass is 9.98. The number of hydrogen-bond donors (Lipinski definition) is 1. The summed E-state index contributed by atoms with van der Waals surface area (Å²) in [7, 11) is 0. The number of carbonyl (C=O) groups excluding carboxylic acids is 1. The SMILES string of the molecule is CCCNc1c(F)cccc1C(=O)N1CCCCC1CC. The minimum atomic E-state index is -0.348. The number of rotatable bonds is 5. The van der Waals surface area contributed by atoms with Crippen LogP contribution in [0.5, 0.6) is 0 Å². The van der Waals surface area contributed by atoms with Crippen molar-refractivity contribution in [3.05, 3.63) is 29.6 Å². The number of amides is 1. The van der Waals surface area contributed by atoms with Crippen molar-refractivity contribution in [2.75, 3.05) is 18.4 Å². The highest BCUT2D eigenvalue weighted by molar-refractivity contribution is 6.00. The normalized spacial score (nSPS) is 18.6. The molecule has 1 aliphatic rings. The molecule has 0 aliphatic carbocycles. The number of anilines is 1. The van der Waals surface area contributed by atoms with E-state index in [0.717, 1.165) is 32.2 Å². The van der Waals surface area contributed by atoms with Crippen LogP contribution in [0.15, 0.2) is 18.2 Å². The van der Waals surface area contributed by atoms with Crippen LogP contribution in [-0.4, -0.2) is 29.9 Å². The number of para-hydroxylation sites is 1. The van der Waals surface area contributed by atoms with Crippen molar-refractivity contribution in [2.45, 2.75) is 52.0 Å². The summed E-state index contributed by atoms with van der Waals surface area (Å²) in [6, 6.07) is 5.03. The van der Waals surface area contributed by atoms with Crippen molar-refractivity contribution in [1.82, 2.24) is 4.90 Å². The fourth-order valence-electron chi connectivity index (χ4n) is 2.98. The van der Waals surface area contributed by atoms with Crippen LogP contribution in [0.1, 0.15) is 56.3 Å². The van der Waals surface area contributed by atoms with Crippen molar-refractivity contribution in [3.63, 3.8) is 0 Å². The fraction of sp³-hybridized carbons (Fsp3) is 0.588. The maximum Gasteiger partial charge on any atom is 0.256 e. The van der Waals surface area contributed by atoms with E-state index < -0.39 is 0 Å². The molecule has 1 amide bonds. The first-order valence-electron chi connectivity index (χ1n) is 8.02. The number of carbonyl (C=O) groups is 1. The topological polar surface area (TPSA) is 32.3 Å². The average molecular weight is 292 g/mol. The summed E-state index contributed by atoms with van der Waals surface area (Å²) in [5.74, 6) is -0.390. The molecule has 1 N–H and O–H groups in total. The van der Waals surface area contributed by atoms with Crippen molar-refractivity contribution in [2.24, 2.45) is 0 Å². The number of hydrogen-bond acceptors (Lipinski definition) is 2. The van der Waals surface area contributed by atoms with Gasteiger partial charge in [0.25, 0.3) is 5.91 Å². The molecule has 1 atom stereocenters. The molecule has 0 spiro atoms. The van der Waals surface area contributed by atoms with Gasteiger partial charge < -0.3 is 10.2 Å². The lowest BCUT2D eigenvalue weighted by molar-refractivity contribution is 0.0608. The van der Waals surface area contributed by atoms with Gasteiger partial charge in [0.05, 0.1) is 11.3 Å². The van der Waals surface area contributed by atoms with E-state index in [1.165, 1.54) is 12.5 Å². The lowest BCUT2D eigenvalue weighted by Gasteiger charge is -2.35. The number of piperidine rings is 1. The standard InChI is InChI=1S/C17H25FN2O/c1-3-11-19-16-14(9-7-10-15(16)18)17(21)20-12-6-5-8-13(20)4-2/h7,9-10,13,19H,3-6,8,11-12H2,1-2H3. The zero-order valence-corrected chi connectivity index (χ0v) is 13.0. The Morgan fingerprint density at radius 3 is 2.90 bits per heavy atom. The summed E-state index contributed by atoms with van der Waals surface area (Å²) < 4.78 is 14.0. The Hall–Kier alpha value is -1.58. The maximum atomic E-state index is 14.0. The van der Waals surface area contributed by atoms with Gasteiger partial charge in [0, 0.05) is 19.1 Å². The Morgan fingerprint density at radius 1 is 1.38 bits per heavy atom. The summed E-state index contributed by atoms with van der Waals surface area (Å²) >= 11 is 0. The summed E-state index contributed by atoms with van der Waals surface area (Å²) in [4.78, 5) is 14.8. The molecule has 4 heteroatoms. The molecule has 1 heterocycles. The van der Waals surface area contributed by atoms with E-state index in [0.29, 0.717) is 17.8 Å². The first-order chi connectivity index (χ1) is 10.2. The highest BCUT2D eigenvalue weighted by atomic mass is 19.1. The molecule has 0 bridgehead atoms. The molecule has 0 aromatic heterocycles. The predicted octanol–water partition coefficient (Wildman–Crippen LogP) is 4.05. The van der Waals surface area contributed by atoms with Crippen molar-refractivity contribution >= 4 is 11.6 Å². The zero-order chi connectivity index (χ0) is 15.2. The molecular weight excluding hydrogens is 267 g/mol. The van der Waals surface area contributed by atoms with Crippen LogP contribution in [0.4, 0.5) is 10.1 Å². The van der Waals surface area contributed by atoms with E-state index in [2.05, 4.69) is 12.2 Å². The van der Waals surface area contributed by atoms with E-state index in [1.54, 1.807) is 12.1 Å². The highest BCUT2D eigenvalue weighted by Crippen LogP contribution is 2.26. The summed E-state index contributed by atoms with van der Waals surface area (Å²) in [5.41, 5.74) is 0.813. The molecule has 1 aliphatic heterocycles. The van der Waals surface area contributed by atoms with Gasteiger partial charge in [0.2, 0.25) is 0 Å². The van der Waals surface area contributed by atoms with Crippen LogP contribution in [0.25, 0.3) is 0 Å². The van der Waals surface area contributed by atoms with Crippen LogP contribution in [0, 0.1) is 5.82 Å². The van der Waals surface area contributed by atoms with E-state index in [4.69, 9.17) is 0 Å². The van der Waals surface area contributed by atoms with Gasteiger partial charge in [-0.2, -0.15) is 0 Å². The van der Waals surface area contributed by atoms with E-state index >= 15 is 0 Å². The van der Waals surface area contributed by atoms with Crippen molar-refractivity contribution in [1.29, 1.82) is 0 Å². The van der Waals surface area contributed by atoms with Crippen LogP contribution in [0.3, 0.4) is 0 Å². The second kappa shape index (κ2) is 7.43. The van der Waals surface area contributed by atoms with E-state index in [9.17, 15) is 9.18 Å². The molecule has 1 unspecified atom stereocenters. The van der Waals surface area contributed by atoms with Crippen LogP contribution >= 0.6 is 0 Å². The smallest absolute Gasteiger partial charge is 0.256 e. The van der Waals surface area contributed by atoms with Gasteiger partial charge in [-0.3, -0.25) is 4.79 Å². The van der Waals surface area contributed by atoms with Crippen LogP contribution in [-0.2, 0) is 0 Å². The van der Waals surface area contributed by atoms with Gasteiger partial charge in [-0.15, -0.1) is 0 Å². The van der Waals surface area contributed by atoms with Crippen molar-refractivity contribution < 1.29 is 9.18 Å². The third-order valence-electron chi connectivity index (χ3n) is 4.16. The van der Waals surface area contributed by atoms with Crippen LogP contribution < -0.4 is 5.32 Å². The van der Waals surface area contributed by atoms with Gasteiger partial charge in [-0.25, -0.2) is 4.39 Å². The third-order valence-corrected chi connectivity index (χ3v) is 4.16. The molecule has 2 rings (SSSR count). The van der Waals surface area contributed by atoms with Crippen molar-refractivity contribution in [3.8, 4) is 0 Å². The first kappa shape index (κ1) is 15.8. The van der Waals surface area contributed by atoms with E-state index in [1.807, 2.05) is 11.8 Å². The molecule has 0 saturated carbocycles. The number of halogens is 1. The minimum Gasteiger partial charge on any atom is -0.382 e. The molecule has 0 radical (unpaired) electrons. The molecule has 1 fully saturated rings. The summed E-state index contributed by atoms with van der Waals surface area (Å²) in [6.45, 7) is 5.57. The molecule has 1 aromatic rings. The number of nitrogens with one attached hydrogen (secondary N) is 1. The molecule has 1 saturated heterocycles. The second-order valence-electron chi connectivity index (χ2n) is 5.65. The Kier molecular flexibility index (Phi) is 5.59. The fourth-order valence-corrected chi connectivity index (χ4v) is 2.98. The van der Waals surface area contributed by atoms with Crippen LogP contribution in [0.2, 0.25) is 0 Å². The Morgan fingerprint density at radius 2 is 2.19 bits per heavy atom. The number of benzene rings is 1. The Balaban J connectivity index is 2.27. The molecular formula is C17H25FN2O. The molecule has 116 valence electrons. The zero-order valence-electron chi connectivity index (χ0n) is 13.0. The lowest BCUT2D eigenvalue weighted by Crippen LogP contribution is -2.43. The monoisotopic (exact) mass is 292 g/mol. The van der Waals surface area contributed by atoms with Gasteiger partial charge in [0.1, 0.15) is 5.82 Å². The summed E-state index contributed by atoms with van der Waals surface area (Å²) in [5, 5.41) is 3.06. The molecule has 3 nitrogen and oxygen atoms in total. The quantitative estimate of drug-likeness (QED) is 0.888. The number of nitrogens with zero attached hydrogens (tertiary/aromatic N) is 1. The van der Waals surface area contributed by atoms with E-state index in [-0.39, 0.29) is 17.8 Å². The van der Waals surface area contributed by atoms with Gasteiger partial charge in [0.15, 0.2) is 0 Å². The Bertz CT molecular complexity index is 490. The second-order valence-corrected chi connectivity index (χ2v) is 5.65. The Labute approximate surface area is 126 Å². The third kappa shape index (κ3) is 3.55. The largest absolute Gasteiger partial charge is 0.382 e. The van der Waals surface area contributed by atoms with Gasteiger partial charge >= 0.3 is 0 Å². The highest BCUT2D eigenvalue weighted by Gasteiger charge is 2.28. The molecule has 21 heavy (non-hydrogen) atoms. The van der Waals surface area contributed by atoms with Gasteiger partial charge in [-0.1, -0.05) is 19.9 Å². The average Bonchev–Trinajstić information content (AvgIpc) is 2.52. The number of likely N-dealkylation sites (tertiary alicyclic amines) is 1. The first-order valence-corrected chi connectivity index (χ1v) is 8.02. The van der Waals surface area contributed by atoms with Gasteiger partial charge in [-0.05, 0) is 44.2 Å². The molecule has 1 aromatic carbocycles.